The first-order valence-electron chi connectivity index (χ1n) is 7.71. The number of carbonyl (C=O) groups is 3. The van der Waals surface area contributed by atoms with Crippen molar-refractivity contribution in [2.75, 3.05) is 39.2 Å². The first-order valence-corrected chi connectivity index (χ1v) is 8.79. The number of amides is 1. The number of methoxy groups -OCH3 is 2. The number of carbonyl (C=O) groups excluding carboxylic acids is 3. The van der Waals surface area contributed by atoms with E-state index in [1.165, 1.54) is 19.1 Å². The number of β-amino-alcohol motifs (C(OH)–C–C–N with tert-alkyl or cyclic N) is 1. The van der Waals surface area contributed by atoms with Gasteiger partial charge in [-0.3, -0.25) is 4.79 Å². The van der Waals surface area contributed by atoms with E-state index in [1.54, 1.807) is 12.1 Å². The molecule has 1 aliphatic rings. The van der Waals surface area contributed by atoms with Crippen LogP contribution in [-0.2, 0) is 19.1 Å². The summed E-state index contributed by atoms with van der Waals surface area (Å²) in [6, 6.07) is 3.35. The maximum atomic E-state index is 12.6. The summed E-state index contributed by atoms with van der Waals surface area (Å²) in [4.78, 5) is 38.1. The van der Waals surface area contributed by atoms with Crippen LogP contribution < -0.4 is 5.32 Å². The van der Waals surface area contributed by atoms with Crippen LogP contribution in [-0.4, -0.2) is 61.8 Å². The number of aliphatic hydroxyl groups is 1. The molecule has 0 unspecified atom stereocenters. The van der Waals surface area contributed by atoms with Crippen molar-refractivity contribution < 1.29 is 29.0 Å². The molecule has 26 heavy (non-hydrogen) atoms. The van der Waals surface area contributed by atoms with Crippen LogP contribution in [0.3, 0.4) is 0 Å². The number of anilines is 1. The van der Waals surface area contributed by atoms with Crippen LogP contribution in [0, 0.1) is 10.5 Å². The van der Waals surface area contributed by atoms with Crippen molar-refractivity contribution in [1.29, 1.82) is 0 Å². The monoisotopic (exact) mass is 474 g/mol. The topological polar surface area (TPSA) is 105 Å². The molecule has 140 valence electrons. The van der Waals surface area contributed by atoms with E-state index in [1.807, 2.05) is 6.92 Å². The second-order valence-electron chi connectivity index (χ2n) is 5.56. The molecule has 0 atom stereocenters. The van der Waals surface area contributed by atoms with E-state index in [-0.39, 0.29) is 36.5 Å². The van der Waals surface area contributed by atoms with Crippen LogP contribution in [0.4, 0.5) is 5.69 Å². The Balaban J connectivity index is 2.50. The van der Waals surface area contributed by atoms with E-state index in [0.717, 1.165) is 9.13 Å². The van der Waals surface area contributed by atoms with Gasteiger partial charge >= 0.3 is 11.9 Å². The molecular formula is C17H19IN2O6. The molecule has 0 saturated heterocycles. The Morgan fingerprint density at radius 2 is 1.92 bits per heavy atom. The lowest BCUT2D eigenvalue weighted by molar-refractivity contribution is -0.136. The molecule has 1 heterocycles. The number of hydrogen-bond acceptors (Lipinski definition) is 7. The van der Waals surface area contributed by atoms with Gasteiger partial charge in [-0.1, -0.05) is 0 Å². The zero-order valence-electron chi connectivity index (χ0n) is 14.6. The molecular weight excluding hydrogens is 455 g/mol. The van der Waals surface area contributed by atoms with E-state index in [0.29, 0.717) is 5.69 Å². The van der Waals surface area contributed by atoms with Gasteiger partial charge in [0.2, 0.25) is 0 Å². The van der Waals surface area contributed by atoms with Gasteiger partial charge in [0, 0.05) is 10.1 Å². The first-order chi connectivity index (χ1) is 12.3. The minimum Gasteiger partial charge on any atom is -0.466 e. The van der Waals surface area contributed by atoms with Gasteiger partial charge in [0.25, 0.3) is 5.91 Å². The largest absolute Gasteiger partial charge is 0.466 e. The lowest BCUT2D eigenvalue weighted by Gasteiger charge is -2.16. The molecule has 2 N–H and O–H groups in total. The molecule has 9 heteroatoms. The van der Waals surface area contributed by atoms with Crippen LogP contribution in [0.2, 0.25) is 0 Å². The van der Waals surface area contributed by atoms with Crippen molar-refractivity contribution in [3.8, 4) is 0 Å². The number of ether oxygens (including phenoxy) is 2. The highest BCUT2D eigenvalue weighted by atomic mass is 127. The van der Waals surface area contributed by atoms with Crippen molar-refractivity contribution in [1.82, 2.24) is 4.90 Å². The van der Waals surface area contributed by atoms with Crippen LogP contribution in [0.5, 0.6) is 0 Å². The van der Waals surface area contributed by atoms with Crippen molar-refractivity contribution in [2.24, 2.45) is 0 Å². The molecule has 0 aromatic heterocycles. The molecule has 1 aromatic carbocycles. The summed E-state index contributed by atoms with van der Waals surface area (Å²) in [5, 5.41) is 12.0. The molecule has 1 aromatic rings. The van der Waals surface area contributed by atoms with E-state index in [9.17, 15) is 14.4 Å². The minimum absolute atomic E-state index is 0.0192. The summed E-state index contributed by atoms with van der Waals surface area (Å²) in [5.41, 5.74) is 1.64. The summed E-state index contributed by atoms with van der Waals surface area (Å²) in [7, 11) is 2.49. The number of aliphatic hydroxyl groups excluding tert-OH is 1. The van der Waals surface area contributed by atoms with Gasteiger partial charge in [-0.15, -0.1) is 0 Å². The quantitative estimate of drug-likeness (QED) is 0.470. The van der Waals surface area contributed by atoms with Gasteiger partial charge < -0.3 is 24.8 Å². The maximum Gasteiger partial charge on any atom is 0.340 e. The van der Waals surface area contributed by atoms with Gasteiger partial charge in [0.15, 0.2) is 0 Å². The predicted molar refractivity (Wildman–Crippen MR) is 102 cm³/mol. The molecule has 2 rings (SSSR count). The number of nitrogens with one attached hydrogen (secondary N) is 1. The molecule has 0 bridgehead atoms. The number of benzene rings is 1. The zero-order chi connectivity index (χ0) is 19.4. The summed E-state index contributed by atoms with van der Waals surface area (Å²) < 4.78 is 10.4. The highest BCUT2D eigenvalue weighted by molar-refractivity contribution is 14.1. The Hall–Kier alpha value is -2.14. The van der Waals surface area contributed by atoms with E-state index < -0.39 is 17.8 Å². The highest BCUT2D eigenvalue weighted by Crippen LogP contribution is 2.28. The second kappa shape index (κ2) is 8.49. The maximum absolute atomic E-state index is 12.6. The molecule has 0 radical (unpaired) electrons. The van der Waals surface area contributed by atoms with Gasteiger partial charge in [-0.2, -0.15) is 0 Å². The normalized spacial score (nSPS) is 13.9. The molecule has 0 saturated carbocycles. The standard InChI is InChI=1S/C17H19IN2O6/c1-9-6-13(10(7-12(9)18)16(23)25-2)19-14-11(17(24)26-3)8-20(4-5-21)15(14)22/h6-7,19,21H,4-5,8H2,1-3H3. The van der Waals surface area contributed by atoms with Gasteiger partial charge in [0.1, 0.15) is 5.70 Å². The van der Waals surface area contributed by atoms with Crippen LogP contribution in [0.15, 0.2) is 23.4 Å². The van der Waals surface area contributed by atoms with Crippen molar-refractivity contribution in [3.63, 3.8) is 0 Å². The Kier molecular flexibility index (Phi) is 6.59. The van der Waals surface area contributed by atoms with Crippen LogP contribution in [0.1, 0.15) is 15.9 Å². The zero-order valence-corrected chi connectivity index (χ0v) is 16.7. The van der Waals surface area contributed by atoms with Crippen molar-refractivity contribution in [2.45, 2.75) is 6.92 Å². The molecule has 0 spiro atoms. The Morgan fingerprint density at radius 1 is 1.27 bits per heavy atom. The van der Waals surface area contributed by atoms with E-state index >= 15 is 0 Å². The Labute approximate surface area is 164 Å². The molecule has 1 aliphatic heterocycles. The highest BCUT2D eigenvalue weighted by Gasteiger charge is 2.35. The average Bonchev–Trinajstić information content (AvgIpc) is 2.93. The molecule has 0 aliphatic carbocycles. The van der Waals surface area contributed by atoms with Gasteiger partial charge in [-0.25, -0.2) is 9.59 Å². The number of rotatable bonds is 6. The van der Waals surface area contributed by atoms with Crippen LogP contribution >= 0.6 is 22.6 Å². The summed E-state index contributed by atoms with van der Waals surface area (Å²) in [6.45, 7) is 1.73. The third-order valence-electron chi connectivity index (χ3n) is 3.92. The number of aryl methyl sites for hydroxylation is 1. The van der Waals surface area contributed by atoms with Gasteiger partial charge in [0.05, 0.1) is 44.2 Å². The Bertz CT molecular complexity index is 790. The SMILES string of the molecule is COC(=O)C1=C(Nc2cc(C)c(I)cc2C(=O)OC)C(=O)N(CCO)C1. The molecule has 1 amide bonds. The number of hydrogen-bond donors (Lipinski definition) is 2. The summed E-state index contributed by atoms with van der Waals surface area (Å²) >= 11 is 2.10. The first kappa shape index (κ1) is 20.2. The fourth-order valence-electron chi connectivity index (χ4n) is 2.55. The van der Waals surface area contributed by atoms with Crippen molar-refractivity contribution in [3.05, 3.63) is 38.1 Å². The third kappa shape index (κ3) is 3.98. The number of halogens is 1. The van der Waals surface area contributed by atoms with Crippen molar-refractivity contribution >= 4 is 46.1 Å². The second-order valence-corrected chi connectivity index (χ2v) is 6.72. The number of nitrogens with zero attached hydrogens (tertiary/aromatic N) is 1. The molecule has 0 fully saturated rings. The van der Waals surface area contributed by atoms with Gasteiger partial charge in [-0.05, 0) is 47.2 Å². The molecule has 8 nitrogen and oxygen atoms in total. The summed E-state index contributed by atoms with van der Waals surface area (Å²) in [5.74, 6) is -1.67. The minimum atomic E-state index is -0.650. The third-order valence-corrected chi connectivity index (χ3v) is 5.08. The fraction of sp³-hybridized carbons (Fsp3) is 0.353. The summed E-state index contributed by atoms with van der Waals surface area (Å²) in [6.07, 6.45) is 0. The fourth-order valence-corrected chi connectivity index (χ4v) is 3.01. The lowest BCUT2D eigenvalue weighted by atomic mass is 10.1. The average molecular weight is 474 g/mol. The van der Waals surface area contributed by atoms with Crippen LogP contribution in [0.25, 0.3) is 0 Å². The lowest BCUT2D eigenvalue weighted by Crippen LogP contribution is -2.31. The predicted octanol–water partition coefficient (Wildman–Crippen LogP) is 1.06. The Morgan fingerprint density at radius 3 is 2.50 bits per heavy atom. The van der Waals surface area contributed by atoms with E-state index in [4.69, 9.17) is 14.6 Å². The van der Waals surface area contributed by atoms with E-state index in [2.05, 4.69) is 27.9 Å². The smallest absolute Gasteiger partial charge is 0.340 e. The number of esters is 2.